The van der Waals surface area contributed by atoms with Gasteiger partial charge in [0.1, 0.15) is 52.7 Å². The average molecular weight is 1010 g/mol. The molecule has 27 heteroatoms. The highest BCUT2D eigenvalue weighted by Crippen LogP contribution is 2.31. The molecule has 0 N–H and O–H groups in total. The number of nitro benzene ring substituents is 1. The van der Waals surface area contributed by atoms with Crippen molar-refractivity contribution in [3.8, 4) is 0 Å². The fourth-order valence-electron chi connectivity index (χ4n) is 7.45. The number of nitrogens with zero attached hydrogens (tertiary/aromatic N) is 3. The Morgan fingerprint density at radius 3 is 1.17 bits per heavy atom. The number of non-ortho nitro benzene ring substituents is 1. The summed E-state index contributed by atoms with van der Waals surface area (Å²) >= 11 is 0. The van der Waals surface area contributed by atoms with E-state index in [2.05, 4.69) is 4.98 Å². The molecule has 6 nitrogen and oxygen atoms in total. The number of hydrogen-bond acceptors (Lipinski definition) is 4. The van der Waals surface area contributed by atoms with E-state index in [1.165, 1.54) is 12.1 Å². The van der Waals surface area contributed by atoms with Crippen LogP contribution in [0, 0.1) is 126 Å². The molecule has 0 saturated carbocycles. The van der Waals surface area contributed by atoms with Crippen LogP contribution in [-0.4, -0.2) is 21.8 Å². The van der Waals surface area contributed by atoms with E-state index in [0.717, 1.165) is 11.3 Å². The first-order chi connectivity index (χ1) is 32.8. The van der Waals surface area contributed by atoms with Gasteiger partial charge in [-0.05, 0) is 5.56 Å². The summed E-state index contributed by atoms with van der Waals surface area (Å²) in [5, 5.41) is 10.9. The third-order valence-corrected chi connectivity index (χ3v) is 10.5. The lowest BCUT2D eigenvalue weighted by Gasteiger charge is -2.44. The molecule has 0 bridgehead atoms. The van der Waals surface area contributed by atoms with E-state index in [1.807, 2.05) is 28.8 Å². The Morgan fingerprint density at radius 2 is 0.829 bits per heavy atom. The smallest absolute Gasteiger partial charge is 0.269 e. The Balaban J connectivity index is 0.000000270. The standard InChI is InChI=1S/C24BF20.C19H16N3O3/c26-5-1(6(27)14(35)21(42)13(5)34)25(2-7(28)15(36)22(43)16(37)8(2)29,3-9(30)17(38)23(44)18(39)10(3)31)4-11(32)19(40)24(45)20(41)12(4)33;23-19(16-6-2-1-3-7-16)14-21-10-9-20-13-18(21)12-15-5-4-8-17(11-15)22(24)25/h;1-11,13H,12,14H2/q-1;+1. The van der Waals surface area contributed by atoms with Crippen molar-refractivity contribution in [1.29, 1.82) is 0 Å². The molecule has 0 aliphatic carbocycles. The molecule has 0 spiro atoms. The lowest BCUT2D eigenvalue weighted by Crippen LogP contribution is -2.81. The van der Waals surface area contributed by atoms with Gasteiger partial charge in [0.2, 0.25) is 18.0 Å². The highest BCUT2D eigenvalue weighted by atomic mass is 19.2. The third-order valence-electron chi connectivity index (χ3n) is 10.5. The minimum atomic E-state index is -7.22. The zero-order valence-corrected chi connectivity index (χ0v) is 33.5. The van der Waals surface area contributed by atoms with Crippen molar-refractivity contribution >= 4 is 39.5 Å². The van der Waals surface area contributed by atoms with Crippen molar-refractivity contribution in [3.63, 3.8) is 0 Å². The van der Waals surface area contributed by atoms with E-state index in [1.54, 1.807) is 36.8 Å². The zero-order chi connectivity index (χ0) is 52.0. The molecule has 0 aliphatic rings. The van der Waals surface area contributed by atoms with E-state index in [4.69, 9.17) is 0 Å². The van der Waals surface area contributed by atoms with Crippen LogP contribution in [0.25, 0.3) is 0 Å². The predicted octanol–water partition coefficient (Wildman–Crippen LogP) is 8.60. The Labute approximate surface area is 375 Å². The summed E-state index contributed by atoms with van der Waals surface area (Å²) in [5.74, 6) is -71.4. The molecule has 1 heterocycles. The fourth-order valence-corrected chi connectivity index (χ4v) is 7.45. The number of carbonyl (C=O) groups is 1. The lowest BCUT2D eigenvalue weighted by molar-refractivity contribution is -0.690. The molecule has 0 aliphatic heterocycles. The first-order valence-electron chi connectivity index (χ1n) is 18.7. The average Bonchev–Trinajstić information content (AvgIpc) is 3.35. The normalized spacial score (nSPS) is 11.4. The monoisotopic (exact) mass is 1010 g/mol. The van der Waals surface area contributed by atoms with Crippen LogP contribution < -0.4 is 26.4 Å². The predicted molar refractivity (Wildman–Crippen MR) is 200 cm³/mol. The molecule has 0 unspecified atom stereocenters. The lowest BCUT2D eigenvalue weighted by atomic mass is 9.12. The molecule has 0 fully saturated rings. The number of aromatic nitrogens is 2. The van der Waals surface area contributed by atoms with Gasteiger partial charge in [-0.3, -0.25) is 19.9 Å². The molecule has 364 valence electrons. The highest BCUT2D eigenvalue weighted by molar-refractivity contribution is 7.20. The van der Waals surface area contributed by atoms with E-state index in [0.29, 0.717) is 12.0 Å². The molecule has 0 amide bonds. The van der Waals surface area contributed by atoms with Gasteiger partial charge in [0, 0.05) is 17.7 Å². The van der Waals surface area contributed by atoms with Crippen LogP contribution in [0.5, 0.6) is 0 Å². The maximum absolute atomic E-state index is 15.4. The summed E-state index contributed by atoms with van der Waals surface area (Å²) in [5.41, 5.74) is -12.0. The molecule has 70 heavy (non-hydrogen) atoms. The second-order valence-corrected chi connectivity index (χ2v) is 14.4. The molecular weight excluding hydrogens is 997 g/mol. The molecule has 0 saturated heterocycles. The zero-order valence-electron chi connectivity index (χ0n) is 33.5. The van der Waals surface area contributed by atoms with Crippen molar-refractivity contribution in [3.05, 3.63) is 216 Å². The molecule has 7 aromatic rings. The van der Waals surface area contributed by atoms with Gasteiger partial charge in [-0.25, -0.2) is 87.8 Å². The number of Topliss-reactive ketones (excluding diaryl/α,β-unsaturated/α-hetero) is 1. The summed E-state index contributed by atoms with van der Waals surface area (Å²) in [7, 11) is 0. The molecule has 7 rings (SSSR count). The van der Waals surface area contributed by atoms with Crippen LogP contribution in [0.4, 0.5) is 93.5 Å². The minimum absolute atomic E-state index is 0.00269. The molecular formula is C43H16BF20N3O3. The van der Waals surface area contributed by atoms with E-state index in [-0.39, 0.29) is 18.0 Å². The SMILES string of the molecule is Fc1c(F)c(F)c([B-](c2c(F)c(F)c(F)c(F)c2F)(c2c(F)c(F)c(F)c(F)c2F)c2c(F)c(F)c(F)c(F)c2F)c(F)c1F.O=C(C[n+]1ccncc1Cc1cccc([N+](=O)[O-])c1)c1ccccc1. The first-order valence-corrected chi connectivity index (χ1v) is 18.7. The number of ketones is 1. The Bertz CT molecular complexity index is 2910. The van der Waals surface area contributed by atoms with Gasteiger partial charge in [-0.2, -0.15) is 4.57 Å². The summed E-state index contributed by atoms with van der Waals surface area (Å²) < 4.78 is 296. The van der Waals surface area contributed by atoms with Gasteiger partial charge in [0.05, 0.1) is 23.7 Å². The van der Waals surface area contributed by atoms with Crippen molar-refractivity contribution in [2.75, 3.05) is 0 Å². The number of benzene rings is 6. The van der Waals surface area contributed by atoms with Crippen molar-refractivity contribution in [1.82, 2.24) is 4.98 Å². The number of hydrogen-bond donors (Lipinski definition) is 0. The topological polar surface area (TPSA) is 77.0 Å². The van der Waals surface area contributed by atoms with Crippen molar-refractivity contribution < 1.29 is 102 Å². The van der Waals surface area contributed by atoms with Crippen LogP contribution in [0.3, 0.4) is 0 Å². The van der Waals surface area contributed by atoms with Crippen LogP contribution >= 0.6 is 0 Å². The Kier molecular flexibility index (Phi) is 14.4. The number of nitro groups is 1. The largest absolute Gasteiger partial charge is 0.287 e. The Morgan fingerprint density at radius 1 is 0.486 bits per heavy atom. The van der Waals surface area contributed by atoms with Gasteiger partial charge in [-0.1, -0.05) is 42.5 Å². The summed E-state index contributed by atoms with van der Waals surface area (Å²) in [4.78, 5) is 27.0. The van der Waals surface area contributed by atoms with Crippen LogP contribution in [0.2, 0.25) is 0 Å². The fraction of sp³-hybridized carbons (Fsp3) is 0.0465. The van der Waals surface area contributed by atoms with Gasteiger partial charge in [0.25, 0.3) is 5.69 Å². The second kappa shape index (κ2) is 19.6. The van der Waals surface area contributed by atoms with Crippen LogP contribution in [0.15, 0.2) is 73.2 Å². The number of halogens is 20. The molecule has 1 aromatic heterocycles. The van der Waals surface area contributed by atoms with Gasteiger partial charge in [0.15, 0.2) is 76.0 Å². The second-order valence-electron chi connectivity index (χ2n) is 14.4. The highest BCUT2D eigenvalue weighted by Gasteiger charge is 2.52. The number of carbonyl (C=O) groups excluding carboxylic acids is 1. The third kappa shape index (κ3) is 8.52. The summed E-state index contributed by atoms with van der Waals surface area (Å²) in [6.45, 7) is 0.191. The molecule has 0 radical (unpaired) electrons. The van der Waals surface area contributed by atoms with E-state index in [9.17, 15) is 67.6 Å². The summed E-state index contributed by atoms with van der Waals surface area (Å²) in [6, 6.07) is 15.6. The van der Waals surface area contributed by atoms with Crippen molar-refractivity contribution in [2.45, 2.75) is 13.0 Å². The van der Waals surface area contributed by atoms with E-state index >= 15 is 35.1 Å². The Hall–Kier alpha value is -7.87. The minimum Gasteiger partial charge on any atom is -0.287 e. The van der Waals surface area contributed by atoms with Gasteiger partial charge in [-0.15, -0.1) is 21.9 Å². The maximum Gasteiger partial charge on any atom is 0.269 e. The molecule has 0 atom stereocenters. The maximum atomic E-state index is 15.4. The van der Waals surface area contributed by atoms with Gasteiger partial charge < -0.3 is 0 Å². The first kappa shape index (κ1) is 51.5. The molecule has 6 aromatic carbocycles. The van der Waals surface area contributed by atoms with Crippen LogP contribution in [0.1, 0.15) is 21.6 Å². The van der Waals surface area contributed by atoms with Crippen LogP contribution in [-0.2, 0) is 13.0 Å². The van der Waals surface area contributed by atoms with Crippen molar-refractivity contribution in [2.24, 2.45) is 0 Å². The van der Waals surface area contributed by atoms with Gasteiger partial charge >= 0.3 is 0 Å². The summed E-state index contributed by atoms with van der Waals surface area (Å²) in [6.07, 6.45) is -1.72. The quantitative estimate of drug-likeness (QED) is 0.0201. The number of rotatable bonds is 10. The van der Waals surface area contributed by atoms with E-state index < -0.39 is 149 Å².